The van der Waals surface area contributed by atoms with Crippen molar-refractivity contribution in [2.75, 3.05) is 26.2 Å². The predicted molar refractivity (Wildman–Crippen MR) is 89.2 cm³/mol. The van der Waals surface area contributed by atoms with Crippen LogP contribution in [0.5, 0.6) is 5.75 Å². The fourth-order valence-electron chi connectivity index (χ4n) is 2.63. The van der Waals surface area contributed by atoms with Crippen molar-refractivity contribution >= 4 is 6.03 Å². The molecule has 1 fully saturated rings. The molecule has 1 saturated heterocycles. The SMILES string of the molecule is Cc1ccc(OCCC2CCN(C(=O)NCC(C)C)C2)cc1. The van der Waals surface area contributed by atoms with E-state index in [0.29, 0.717) is 11.8 Å². The molecule has 22 heavy (non-hydrogen) atoms. The summed E-state index contributed by atoms with van der Waals surface area (Å²) in [5.41, 5.74) is 1.24. The van der Waals surface area contributed by atoms with Crippen LogP contribution in [0.4, 0.5) is 4.79 Å². The second kappa shape index (κ2) is 8.06. The van der Waals surface area contributed by atoms with Crippen molar-refractivity contribution in [1.29, 1.82) is 0 Å². The lowest BCUT2D eigenvalue weighted by molar-refractivity contribution is 0.204. The zero-order chi connectivity index (χ0) is 15.9. The molecule has 1 aliphatic rings. The lowest BCUT2D eigenvalue weighted by Gasteiger charge is -2.18. The molecular formula is C18H28N2O2. The van der Waals surface area contributed by atoms with E-state index >= 15 is 0 Å². The van der Waals surface area contributed by atoms with Gasteiger partial charge in [-0.1, -0.05) is 31.5 Å². The van der Waals surface area contributed by atoms with E-state index in [1.807, 2.05) is 17.0 Å². The number of likely N-dealkylation sites (tertiary alicyclic amines) is 1. The normalized spacial score (nSPS) is 17.8. The maximum atomic E-state index is 12.0. The number of hydrogen-bond donors (Lipinski definition) is 1. The van der Waals surface area contributed by atoms with Crippen LogP contribution in [0.2, 0.25) is 0 Å². The van der Waals surface area contributed by atoms with E-state index in [4.69, 9.17) is 4.74 Å². The van der Waals surface area contributed by atoms with Crippen molar-refractivity contribution in [2.24, 2.45) is 11.8 Å². The Hall–Kier alpha value is -1.71. The number of amides is 2. The number of nitrogens with zero attached hydrogens (tertiary/aromatic N) is 1. The average molecular weight is 304 g/mol. The highest BCUT2D eigenvalue weighted by Gasteiger charge is 2.25. The first kappa shape index (κ1) is 16.7. The Labute approximate surface area is 133 Å². The van der Waals surface area contributed by atoms with Gasteiger partial charge in [0.2, 0.25) is 0 Å². The van der Waals surface area contributed by atoms with Crippen LogP contribution in [-0.2, 0) is 0 Å². The summed E-state index contributed by atoms with van der Waals surface area (Å²) in [5.74, 6) is 1.97. The van der Waals surface area contributed by atoms with Gasteiger partial charge in [0.1, 0.15) is 5.75 Å². The topological polar surface area (TPSA) is 41.6 Å². The lowest BCUT2D eigenvalue weighted by atomic mass is 10.1. The van der Waals surface area contributed by atoms with Gasteiger partial charge in [0.15, 0.2) is 0 Å². The predicted octanol–water partition coefficient (Wildman–Crippen LogP) is 3.45. The minimum absolute atomic E-state index is 0.0793. The third-order valence-corrected chi connectivity index (χ3v) is 4.05. The number of aryl methyl sites for hydroxylation is 1. The summed E-state index contributed by atoms with van der Waals surface area (Å²) in [4.78, 5) is 13.9. The maximum Gasteiger partial charge on any atom is 0.317 e. The van der Waals surface area contributed by atoms with Gasteiger partial charge >= 0.3 is 6.03 Å². The van der Waals surface area contributed by atoms with Gasteiger partial charge in [0, 0.05) is 19.6 Å². The first-order valence-corrected chi connectivity index (χ1v) is 8.27. The second-order valence-electron chi connectivity index (χ2n) is 6.63. The van der Waals surface area contributed by atoms with Crippen LogP contribution in [0.3, 0.4) is 0 Å². The van der Waals surface area contributed by atoms with Crippen LogP contribution in [-0.4, -0.2) is 37.2 Å². The number of carbonyl (C=O) groups is 1. The molecule has 1 atom stereocenters. The molecule has 1 N–H and O–H groups in total. The summed E-state index contributed by atoms with van der Waals surface area (Å²) in [6, 6.07) is 8.22. The van der Waals surface area contributed by atoms with E-state index in [2.05, 4.69) is 38.2 Å². The molecule has 4 nitrogen and oxygen atoms in total. The molecule has 1 aromatic rings. The Kier molecular flexibility index (Phi) is 6.10. The summed E-state index contributed by atoms with van der Waals surface area (Å²) in [7, 11) is 0. The molecule has 4 heteroatoms. The van der Waals surface area contributed by atoms with Crippen molar-refractivity contribution in [3.8, 4) is 5.75 Å². The van der Waals surface area contributed by atoms with Crippen LogP contribution in [0.1, 0.15) is 32.3 Å². The zero-order valence-corrected chi connectivity index (χ0v) is 14.0. The monoisotopic (exact) mass is 304 g/mol. The van der Waals surface area contributed by atoms with Crippen LogP contribution < -0.4 is 10.1 Å². The summed E-state index contributed by atoms with van der Waals surface area (Å²) in [6.45, 7) is 9.46. The van der Waals surface area contributed by atoms with Crippen LogP contribution in [0, 0.1) is 18.8 Å². The molecule has 0 saturated carbocycles. The van der Waals surface area contributed by atoms with Gasteiger partial charge in [-0.2, -0.15) is 0 Å². The van der Waals surface area contributed by atoms with Gasteiger partial charge in [0.05, 0.1) is 6.61 Å². The molecular weight excluding hydrogens is 276 g/mol. The van der Waals surface area contributed by atoms with Gasteiger partial charge < -0.3 is 15.0 Å². The smallest absolute Gasteiger partial charge is 0.317 e. The van der Waals surface area contributed by atoms with E-state index in [1.54, 1.807) is 0 Å². The molecule has 0 radical (unpaired) electrons. The molecule has 2 rings (SSSR count). The molecule has 1 unspecified atom stereocenters. The number of hydrogen-bond acceptors (Lipinski definition) is 2. The van der Waals surface area contributed by atoms with E-state index in [-0.39, 0.29) is 6.03 Å². The Morgan fingerprint density at radius 3 is 2.77 bits per heavy atom. The Morgan fingerprint density at radius 1 is 1.36 bits per heavy atom. The van der Waals surface area contributed by atoms with E-state index in [1.165, 1.54) is 5.56 Å². The molecule has 1 aromatic carbocycles. The highest BCUT2D eigenvalue weighted by molar-refractivity contribution is 5.74. The minimum atomic E-state index is 0.0793. The summed E-state index contributed by atoms with van der Waals surface area (Å²) in [6.07, 6.45) is 2.08. The van der Waals surface area contributed by atoms with Gasteiger partial charge in [-0.15, -0.1) is 0 Å². The number of nitrogens with one attached hydrogen (secondary N) is 1. The van der Waals surface area contributed by atoms with Crippen molar-refractivity contribution in [3.05, 3.63) is 29.8 Å². The number of benzene rings is 1. The lowest BCUT2D eigenvalue weighted by Crippen LogP contribution is -2.40. The van der Waals surface area contributed by atoms with Crippen molar-refractivity contribution < 1.29 is 9.53 Å². The maximum absolute atomic E-state index is 12.0. The van der Waals surface area contributed by atoms with Crippen molar-refractivity contribution in [1.82, 2.24) is 10.2 Å². The standard InChI is InChI=1S/C18H28N2O2/c1-14(2)12-19-18(21)20-10-8-16(13-20)9-11-22-17-6-4-15(3)5-7-17/h4-7,14,16H,8-13H2,1-3H3,(H,19,21). The fraction of sp³-hybridized carbons (Fsp3) is 0.611. The molecule has 0 spiro atoms. The van der Waals surface area contributed by atoms with E-state index in [9.17, 15) is 4.79 Å². The van der Waals surface area contributed by atoms with E-state index < -0.39 is 0 Å². The molecule has 1 aliphatic heterocycles. The first-order chi connectivity index (χ1) is 10.5. The molecule has 2 amide bonds. The highest BCUT2D eigenvalue weighted by Crippen LogP contribution is 2.20. The molecule has 0 aromatic heterocycles. The Bertz CT molecular complexity index is 470. The average Bonchev–Trinajstić information content (AvgIpc) is 2.96. The Morgan fingerprint density at radius 2 is 2.09 bits per heavy atom. The quantitative estimate of drug-likeness (QED) is 0.874. The van der Waals surface area contributed by atoms with Crippen LogP contribution in [0.15, 0.2) is 24.3 Å². The highest BCUT2D eigenvalue weighted by atomic mass is 16.5. The van der Waals surface area contributed by atoms with Crippen molar-refractivity contribution in [3.63, 3.8) is 0 Å². The Balaban J connectivity index is 1.66. The van der Waals surface area contributed by atoms with Gasteiger partial charge in [-0.05, 0) is 43.7 Å². The summed E-state index contributed by atoms with van der Waals surface area (Å²) >= 11 is 0. The third kappa shape index (κ3) is 5.24. The van der Waals surface area contributed by atoms with Gasteiger partial charge in [-0.3, -0.25) is 0 Å². The number of urea groups is 1. The fourth-order valence-corrected chi connectivity index (χ4v) is 2.63. The van der Waals surface area contributed by atoms with Crippen molar-refractivity contribution in [2.45, 2.75) is 33.6 Å². The molecule has 1 heterocycles. The summed E-state index contributed by atoms with van der Waals surface area (Å²) in [5, 5.41) is 2.99. The molecule has 0 aliphatic carbocycles. The minimum Gasteiger partial charge on any atom is -0.494 e. The summed E-state index contributed by atoms with van der Waals surface area (Å²) < 4.78 is 5.78. The first-order valence-electron chi connectivity index (χ1n) is 8.27. The van der Waals surface area contributed by atoms with E-state index in [0.717, 1.165) is 44.8 Å². The zero-order valence-electron chi connectivity index (χ0n) is 14.0. The molecule has 122 valence electrons. The van der Waals surface area contributed by atoms with Gasteiger partial charge in [0.25, 0.3) is 0 Å². The number of ether oxygens (including phenoxy) is 1. The largest absolute Gasteiger partial charge is 0.494 e. The number of rotatable bonds is 6. The molecule has 0 bridgehead atoms. The van der Waals surface area contributed by atoms with Crippen LogP contribution >= 0.6 is 0 Å². The third-order valence-electron chi connectivity index (χ3n) is 4.05. The van der Waals surface area contributed by atoms with Gasteiger partial charge in [-0.25, -0.2) is 4.79 Å². The second-order valence-corrected chi connectivity index (χ2v) is 6.63. The van der Waals surface area contributed by atoms with Crippen LogP contribution in [0.25, 0.3) is 0 Å². The number of carbonyl (C=O) groups excluding carboxylic acids is 1.